The molecule has 0 heteroatoms. The lowest BCUT2D eigenvalue weighted by atomic mass is 9.87. The summed E-state index contributed by atoms with van der Waals surface area (Å²) in [6, 6.07) is 59.9. The van der Waals surface area contributed by atoms with Crippen molar-refractivity contribution in [2.75, 3.05) is 0 Å². The Kier molecular flexibility index (Phi) is 4.46. The molecule has 11 aromatic rings. The zero-order valence-corrected chi connectivity index (χ0v) is 27.0. The van der Waals surface area contributed by atoms with Crippen LogP contribution in [0, 0.1) is 0 Å². The van der Waals surface area contributed by atoms with Crippen LogP contribution in [0.1, 0.15) is 0 Å². The minimum atomic E-state index is 1.30. The number of hydrogen-bond donors (Lipinski definition) is 0. The molecular weight excluding hydrogens is 601 g/mol. The van der Waals surface area contributed by atoms with Gasteiger partial charge in [-0.3, -0.25) is 0 Å². The van der Waals surface area contributed by atoms with Gasteiger partial charge in [0.1, 0.15) is 0 Å². The summed E-state index contributed by atoms with van der Waals surface area (Å²) in [6.07, 6.45) is 0. The summed E-state index contributed by atoms with van der Waals surface area (Å²) in [4.78, 5) is 0. The molecule has 0 heterocycles. The molecule has 226 valence electrons. The molecule has 0 spiro atoms. The summed E-state index contributed by atoms with van der Waals surface area (Å²) in [5.41, 5.74) is 13.3. The van der Waals surface area contributed by atoms with Crippen molar-refractivity contribution in [3.05, 3.63) is 158 Å². The monoisotopic (exact) mass is 626 g/mol. The second-order valence-electron chi connectivity index (χ2n) is 14.3. The van der Waals surface area contributed by atoms with Crippen LogP contribution in [0.2, 0.25) is 0 Å². The fourth-order valence-corrected chi connectivity index (χ4v) is 10.0. The van der Waals surface area contributed by atoms with Gasteiger partial charge in [0, 0.05) is 0 Å². The highest BCUT2D eigenvalue weighted by Crippen LogP contribution is 2.54. The van der Waals surface area contributed by atoms with Gasteiger partial charge in [-0.25, -0.2) is 0 Å². The summed E-state index contributed by atoms with van der Waals surface area (Å²) < 4.78 is 0. The van der Waals surface area contributed by atoms with Crippen LogP contribution in [-0.2, 0) is 0 Å². The number of fused-ring (bicyclic) bond motifs is 4. The Labute approximate surface area is 287 Å². The molecule has 13 rings (SSSR count). The largest absolute Gasteiger partial charge is 0.0616 e. The van der Waals surface area contributed by atoms with E-state index in [-0.39, 0.29) is 0 Å². The molecule has 0 fully saturated rings. The summed E-state index contributed by atoms with van der Waals surface area (Å²) in [7, 11) is 0. The van der Waals surface area contributed by atoms with E-state index in [9.17, 15) is 0 Å². The van der Waals surface area contributed by atoms with Gasteiger partial charge in [0.05, 0.1) is 0 Å². The van der Waals surface area contributed by atoms with Crippen molar-refractivity contribution < 1.29 is 0 Å². The van der Waals surface area contributed by atoms with Gasteiger partial charge in [-0.15, -0.1) is 0 Å². The van der Waals surface area contributed by atoms with E-state index >= 15 is 0 Å². The molecule has 0 unspecified atom stereocenters. The van der Waals surface area contributed by atoms with Gasteiger partial charge in [0.2, 0.25) is 0 Å². The summed E-state index contributed by atoms with van der Waals surface area (Å²) in [5, 5.41) is 18.8. The van der Waals surface area contributed by atoms with Crippen LogP contribution in [0.15, 0.2) is 158 Å². The lowest BCUT2D eigenvalue weighted by Crippen LogP contribution is -1.88. The maximum Gasteiger partial charge on any atom is -0.00139 e. The van der Waals surface area contributed by atoms with Crippen molar-refractivity contribution in [1.82, 2.24) is 0 Å². The smallest absolute Gasteiger partial charge is 0.00139 e. The molecule has 2 aliphatic rings. The summed E-state index contributed by atoms with van der Waals surface area (Å²) >= 11 is 0. The van der Waals surface area contributed by atoms with Gasteiger partial charge in [-0.2, -0.15) is 0 Å². The van der Waals surface area contributed by atoms with E-state index in [2.05, 4.69) is 158 Å². The molecule has 0 aromatic heterocycles. The minimum absolute atomic E-state index is 1.30. The first-order valence-electron chi connectivity index (χ1n) is 17.6. The Bertz CT molecular complexity index is 3310. The van der Waals surface area contributed by atoms with Crippen LogP contribution < -0.4 is 0 Å². The number of rotatable bonds is 2. The van der Waals surface area contributed by atoms with E-state index in [0.717, 1.165) is 0 Å². The Morgan fingerprint density at radius 2 is 0.520 bits per heavy atom. The Balaban J connectivity index is 1.09. The van der Waals surface area contributed by atoms with Crippen molar-refractivity contribution in [3.63, 3.8) is 0 Å². The van der Waals surface area contributed by atoms with E-state index in [1.54, 1.807) is 0 Å². The lowest BCUT2D eigenvalue weighted by Gasteiger charge is -2.16. The van der Waals surface area contributed by atoms with Crippen LogP contribution in [0.5, 0.6) is 0 Å². The first kappa shape index (κ1) is 25.5. The zero-order valence-electron chi connectivity index (χ0n) is 27.0. The molecule has 2 aliphatic carbocycles. The zero-order chi connectivity index (χ0) is 32.2. The van der Waals surface area contributed by atoms with E-state index in [1.165, 1.54) is 131 Å². The molecule has 11 aromatic carbocycles. The summed E-state index contributed by atoms with van der Waals surface area (Å²) in [5.74, 6) is 0. The van der Waals surface area contributed by atoms with Crippen molar-refractivity contribution in [2.24, 2.45) is 0 Å². The molecule has 50 heavy (non-hydrogen) atoms. The molecule has 0 saturated heterocycles. The first-order chi connectivity index (χ1) is 24.8. The third-order valence-electron chi connectivity index (χ3n) is 12.1. The maximum absolute atomic E-state index is 2.39. The lowest BCUT2D eigenvalue weighted by molar-refractivity contribution is 1.69. The molecule has 0 saturated carbocycles. The molecule has 0 aliphatic heterocycles. The topological polar surface area (TPSA) is 0 Å². The second kappa shape index (κ2) is 8.74. The predicted octanol–water partition coefficient (Wildman–Crippen LogP) is 14.2. The van der Waals surface area contributed by atoms with Gasteiger partial charge in [0.25, 0.3) is 0 Å². The van der Waals surface area contributed by atoms with Crippen molar-refractivity contribution >= 4 is 75.4 Å². The third kappa shape index (κ3) is 2.93. The average molecular weight is 627 g/mol. The molecule has 0 nitrogen and oxygen atoms in total. The average Bonchev–Trinajstić information content (AvgIpc) is 3.70. The second-order valence-corrected chi connectivity index (χ2v) is 14.3. The fraction of sp³-hybridized carbons (Fsp3) is 0. The molecule has 0 bridgehead atoms. The summed E-state index contributed by atoms with van der Waals surface area (Å²) in [6.45, 7) is 0. The van der Waals surface area contributed by atoms with Crippen molar-refractivity contribution in [1.29, 1.82) is 0 Å². The van der Waals surface area contributed by atoms with Crippen molar-refractivity contribution in [2.45, 2.75) is 0 Å². The molecule has 0 radical (unpaired) electrons. The number of benzene rings is 11. The SMILES string of the molecule is c1ccc2c(c1)-c1cccc3c(-c4ccc5c6c4ccc4ccc7c(-c8ccc9ccc%10cccc%11ccc8c9c%10%11)ccc-5c7c46)ccc-2c13. The van der Waals surface area contributed by atoms with Gasteiger partial charge in [-0.05, 0) is 131 Å². The highest BCUT2D eigenvalue weighted by molar-refractivity contribution is 6.36. The van der Waals surface area contributed by atoms with Crippen LogP contribution in [-0.4, -0.2) is 0 Å². The van der Waals surface area contributed by atoms with E-state index < -0.39 is 0 Å². The Morgan fingerprint density at radius 3 is 1.12 bits per heavy atom. The standard InChI is InChI=1S/C50H26/c1-2-8-32-31(7-1)37-9-4-10-38-34(21-24-40(32)48(37)38)36-23-26-44-43-25-22-35(41-19-15-30-16-20-42(36)50(44)47(30)49(41)43)33-17-13-29-12-11-27-5-3-6-28-14-18-39(33)46(29)45(27)28/h1-26H. The maximum atomic E-state index is 2.39. The molecule has 0 atom stereocenters. The van der Waals surface area contributed by atoms with Crippen LogP contribution >= 0.6 is 0 Å². The Morgan fingerprint density at radius 1 is 0.160 bits per heavy atom. The number of hydrogen-bond acceptors (Lipinski definition) is 0. The van der Waals surface area contributed by atoms with Crippen LogP contribution in [0.4, 0.5) is 0 Å². The predicted molar refractivity (Wildman–Crippen MR) is 214 cm³/mol. The third-order valence-corrected chi connectivity index (χ3v) is 12.1. The van der Waals surface area contributed by atoms with Gasteiger partial charge in [0.15, 0.2) is 0 Å². The molecular formula is C50H26. The van der Waals surface area contributed by atoms with Crippen LogP contribution in [0.3, 0.4) is 0 Å². The van der Waals surface area contributed by atoms with Crippen molar-refractivity contribution in [3.8, 4) is 55.6 Å². The van der Waals surface area contributed by atoms with E-state index in [1.807, 2.05) is 0 Å². The molecule has 0 amide bonds. The highest BCUT2D eigenvalue weighted by atomic mass is 14.3. The van der Waals surface area contributed by atoms with E-state index in [0.29, 0.717) is 0 Å². The fourth-order valence-electron chi connectivity index (χ4n) is 10.0. The van der Waals surface area contributed by atoms with Gasteiger partial charge in [-0.1, -0.05) is 158 Å². The molecule has 0 N–H and O–H groups in total. The normalized spacial score (nSPS) is 12.8. The highest BCUT2D eigenvalue weighted by Gasteiger charge is 2.26. The van der Waals surface area contributed by atoms with Gasteiger partial charge >= 0.3 is 0 Å². The van der Waals surface area contributed by atoms with E-state index in [4.69, 9.17) is 0 Å². The van der Waals surface area contributed by atoms with Gasteiger partial charge < -0.3 is 0 Å². The quantitative estimate of drug-likeness (QED) is 0.168. The van der Waals surface area contributed by atoms with Crippen LogP contribution in [0.25, 0.3) is 131 Å². The first-order valence-corrected chi connectivity index (χ1v) is 17.6. The Hall–Kier alpha value is -6.50. The minimum Gasteiger partial charge on any atom is -0.0616 e.